The summed E-state index contributed by atoms with van der Waals surface area (Å²) in [4.78, 5) is 7.86. The van der Waals surface area contributed by atoms with Gasteiger partial charge in [-0.3, -0.25) is 0 Å². The molecule has 0 atom stereocenters. The number of nitrogens with one attached hydrogen (secondary N) is 2. The van der Waals surface area contributed by atoms with Gasteiger partial charge in [-0.1, -0.05) is 0 Å². The first-order valence-corrected chi connectivity index (χ1v) is 4.59. The van der Waals surface area contributed by atoms with Crippen LogP contribution in [0.3, 0.4) is 0 Å². The van der Waals surface area contributed by atoms with Gasteiger partial charge in [-0.25, -0.2) is 20.2 Å². The maximum absolute atomic E-state index is 12.7. The molecule has 1 aromatic carbocycles. The highest BCUT2D eigenvalue weighted by Crippen LogP contribution is 2.15. The van der Waals surface area contributed by atoms with Crippen LogP contribution in [0.2, 0.25) is 0 Å². The SMILES string of the molecule is NNc1cc(Nc2ccc(F)cc2)ncn1. The fourth-order valence-electron chi connectivity index (χ4n) is 1.19. The summed E-state index contributed by atoms with van der Waals surface area (Å²) in [6.45, 7) is 0. The zero-order valence-corrected chi connectivity index (χ0v) is 8.31. The van der Waals surface area contributed by atoms with Crippen LogP contribution in [0.15, 0.2) is 36.7 Å². The molecule has 6 heteroatoms. The van der Waals surface area contributed by atoms with Crippen LogP contribution in [0, 0.1) is 5.82 Å². The van der Waals surface area contributed by atoms with Gasteiger partial charge in [0.25, 0.3) is 0 Å². The maximum Gasteiger partial charge on any atom is 0.145 e. The highest BCUT2D eigenvalue weighted by molar-refractivity contribution is 5.58. The molecule has 0 fully saturated rings. The van der Waals surface area contributed by atoms with Gasteiger partial charge >= 0.3 is 0 Å². The molecule has 82 valence electrons. The summed E-state index contributed by atoms with van der Waals surface area (Å²) in [6.07, 6.45) is 1.38. The number of anilines is 3. The van der Waals surface area contributed by atoms with Crippen LogP contribution < -0.4 is 16.6 Å². The van der Waals surface area contributed by atoms with Crippen molar-refractivity contribution in [3.8, 4) is 0 Å². The lowest BCUT2D eigenvalue weighted by molar-refractivity contribution is 0.628. The molecule has 4 N–H and O–H groups in total. The average Bonchev–Trinajstić information content (AvgIpc) is 2.32. The molecule has 2 rings (SSSR count). The Morgan fingerprint density at radius 1 is 1.06 bits per heavy atom. The van der Waals surface area contributed by atoms with E-state index >= 15 is 0 Å². The van der Waals surface area contributed by atoms with E-state index in [-0.39, 0.29) is 5.82 Å². The van der Waals surface area contributed by atoms with Crippen molar-refractivity contribution in [1.29, 1.82) is 0 Å². The number of aromatic nitrogens is 2. The lowest BCUT2D eigenvalue weighted by atomic mass is 10.3. The number of hydrazine groups is 1. The van der Waals surface area contributed by atoms with Crippen molar-refractivity contribution in [2.24, 2.45) is 5.84 Å². The van der Waals surface area contributed by atoms with E-state index in [1.54, 1.807) is 18.2 Å². The highest BCUT2D eigenvalue weighted by Gasteiger charge is 1.98. The molecule has 0 bridgehead atoms. The molecule has 1 aromatic heterocycles. The Kier molecular flexibility index (Phi) is 2.93. The Balaban J connectivity index is 2.16. The molecule has 2 aromatic rings. The molecule has 0 amide bonds. The number of nitrogens with zero attached hydrogens (tertiary/aromatic N) is 2. The van der Waals surface area contributed by atoms with Crippen molar-refractivity contribution < 1.29 is 4.39 Å². The number of halogens is 1. The number of hydrogen-bond acceptors (Lipinski definition) is 5. The fourth-order valence-corrected chi connectivity index (χ4v) is 1.19. The number of rotatable bonds is 3. The molecule has 0 saturated heterocycles. The molecule has 0 aliphatic heterocycles. The topological polar surface area (TPSA) is 75.9 Å². The van der Waals surface area contributed by atoms with E-state index < -0.39 is 0 Å². The molecule has 0 aliphatic carbocycles. The molecule has 16 heavy (non-hydrogen) atoms. The van der Waals surface area contributed by atoms with Crippen LogP contribution in [0.5, 0.6) is 0 Å². The van der Waals surface area contributed by atoms with Crippen LogP contribution in [0.25, 0.3) is 0 Å². The quantitative estimate of drug-likeness (QED) is 0.540. The van der Waals surface area contributed by atoms with Gasteiger partial charge in [-0.15, -0.1) is 0 Å². The van der Waals surface area contributed by atoms with E-state index in [9.17, 15) is 4.39 Å². The highest BCUT2D eigenvalue weighted by atomic mass is 19.1. The first-order valence-electron chi connectivity index (χ1n) is 4.59. The van der Waals surface area contributed by atoms with Crippen LogP contribution in [-0.2, 0) is 0 Å². The summed E-state index contributed by atoms with van der Waals surface area (Å²) in [6, 6.07) is 7.61. The van der Waals surface area contributed by atoms with Gasteiger partial charge in [-0.2, -0.15) is 0 Å². The largest absolute Gasteiger partial charge is 0.340 e. The van der Waals surface area contributed by atoms with Crippen molar-refractivity contribution in [2.45, 2.75) is 0 Å². The van der Waals surface area contributed by atoms with Gasteiger partial charge in [0.15, 0.2) is 0 Å². The Morgan fingerprint density at radius 3 is 2.44 bits per heavy atom. The van der Waals surface area contributed by atoms with Crippen molar-refractivity contribution in [3.05, 3.63) is 42.5 Å². The number of nitrogens with two attached hydrogens (primary N) is 1. The summed E-state index contributed by atoms with van der Waals surface area (Å²) in [5.41, 5.74) is 3.15. The van der Waals surface area contributed by atoms with Crippen molar-refractivity contribution in [1.82, 2.24) is 9.97 Å². The van der Waals surface area contributed by atoms with Gasteiger partial charge < -0.3 is 10.7 Å². The average molecular weight is 219 g/mol. The molecule has 0 saturated carbocycles. The number of hydrogen-bond donors (Lipinski definition) is 3. The normalized spacial score (nSPS) is 9.88. The standard InChI is InChI=1S/C10H10FN5/c11-7-1-3-8(4-2-7)15-9-5-10(16-12)14-6-13-9/h1-6H,12H2,(H2,13,14,15,16). The third kappa shape index (κ3) is 2.43. The molecule has 1 heterocycles. The lowest BCUT2D eigenvalue weighted by Crippen LogP contribution is -2.09. The van der Waals surface area contributed by atoms with Gasteiger partial charge in [0.2, 0.25) is 0 Å². The Hall–Kier alpha value is -2.21. The Morgan fingerprint density at radius 2 is 1.75 bits per heavy atom. The second-order valence-electron chi connectivity index (χ2n) is 3.06. The summed E-state index contributed by atoms with van der Waals surface area (Å²) in [5, 5.41) is 2.99. The number of benzene rings is 1. The second-order valence-corrected chi connectivity index (χ2v) is 3.06. The van der Waals surface area contributed by atoms with Gasteiger partial charge in [0, 0.05) is 11.8 Å². The predicted molar refractivity (Wildman–Crippen MR) is 59.5 cm³/mol. The molecule has 0 aliphatic rings. The molecular formula is C10H10FN5. The smallest absolute Gasteiger partial charge is 0.145 e. The minimum atomic E-state index is -0.280. The van der Waals surface area contributed by atoms with Crippen LogP contribution >= 0.6 is 0 Å². The molecule has 5 nitrogen and oxygen atoms in total. The predicted octanol–water partition coefficient (Wildman–Crippen LogP) is 1.64. The van der Waals surface area contributed by atoms with Crippen molar-refractivity contribution >= 4 is 17.3 Å². The number of nitrogen functional groups attached to an aromatic ring is 1. The molecular weight excluding hydrogens is 209 g/mol. The minimum Gasteiger partial charge on any atom is -0.340 e. The van der Waals surface area contributed by atoms with Crippen LogP contribution in [0.1, 0.15) is 0 Å². The first-order chi connectivity index (χ1) is 7.78. The third-order valence-electron chi connectivity index (χ3n) is 1.93. The summed E-state index contributed by atoms with van der Waals surface area (Å²) < 4.78 is 12.7. The summed E-state index contributed by atoms with van der Waals surface area (Å²) in [5.74, 6) is 6.01. The van der Waals surface area contributed by atoms with Gasteiger partial charge in [0.05, 0.1) is 0 Å². The zero-order valence-electron chi connectivity index (χ0n) is 8.31. The van der Waals surface area contributed by atoms with E-state index in [4.69, 9.17) is 5.84 Å². The molecule has 0 spiro atoms. The van der Waals surface area contributed by atoms with Gasteiger partial charge in [0.1, 0.15) is 23.8 Å². The van der Waals surface area contributed by atoms with E-state index in [1.807, 2.05) is 0 Å². The fraction of sp³-hybridized carbons (Fsp3) is 0. The van der Waals surface area contributed by atoms with Crippen LogP contribution in [-0.4, -0.2) is 9.97 Å². The third-order valence-corrected chi connectivity index (χ3v) is 1.93. The van der Waals surface area contributed by atoms with Crippen molar-refractivity contribution in [3.63, 3.8) is 0 Å². The van der Waals surface area contributed by atoms with E-state index in [0.717, 1.165) is 5.69 Å². The molecule has 0 unspecified atom stereocenters. The van der Waals surface area contributed by atoms with E-state index in [1.165, 1.54) is 18.5 Å². The Labute approximate surface area is 91.5 Å². The second kappa shape index (κ2) is 4.54. The first kappa shape index (κ1) is 10.3. The minimum absolute atomic E-state index is 0.280. The van der Waals surface area contributed by atoms with Gasteiger partial charge in [-0.05, 0) is 24.3 Å². The lowest BCUT2D eigenvalue weighted by Gasteiger charge is -2.06. The van der Waals surface area contributed by atoms with Crippen molar-refractivity contribution in [2.75, 3.05) is 10.7 Å². The van der Waals surface area contributed by atoms with Crippen LogP contribution in [0.4, 0.5) is 21.7 Å². The maximum atomic E-state index is 12.7. The molecule has 0 radical (unpaired) electrons. The van der Waals surface area contributed by atoms with E-state index in [0.29, 0.717) is 11.6 Å². The monoisotopic (exact) mass is 219 g/mol. The Bertz CT molecular complexity index is 471. The zero-order chi connectivity index (χ0) is 11.4. The summed E-state index contributed by atoms with van der Waals surface area (Å²) >= 11 is 0. The summed E-state index contributed by atoms with van der Waals surface area (Å²) in [7, 11) is 0. The van der Waals surface area contributed by atoms with E-state index in [2.05, 4.69) is 20.7 Å².